The van der Waals surface area contributed by atoms with Crippen LogP contribution in [0.3, 0.4) is 0 Å². The number of benzene rings is 1. The largest absolute Gasteiger partial charge is 0.480 e. The molecule has 1 aliphatic rings. The van der Waals surface area contributed by atoms with Crippen molar-refractivity contribution in [2.24, 2.45) is 0 Å². The highest BCUT2D eigenvalue weighted by atomic mass is 16.4. The van der Waals surface area contributed by atoms with Crippen molar-refractivity contribution in [2.45, 2.75) is 19.0 Å². The Morgan fingerprint density at radius 3 is 2.81 bits per heavy atom. The number of hydrogen-bond donors (Lipinski definition) is 1. The Balaban J connectivity index is 2.30. The molecule has 0 aliphatic carbocycles. The van der Waals surface area contributed by atoms with Gasteiger partial charge in [0.15, 0.2) is 0 Å². The Morgan fingerprint density at radius 2 is 2.19 bits per heavy atom. The Hall–Kier alpha value is -1.86. The van der Waals surface area contributed by atoms with E-state index >= 15 is 0 Å². The summed E-state index contributed by atoms with van der Waals surface area (Å²) >= 11 is 0. The lowest BCUT2D eigenvalue weighted by Gasteiger charge is -2.32. The first-order valence-electron chi connectivity index (χ1n) is 5.13. The number of carboxylic acid groups (broad SMARTS) is 1. The van der Waals surface area contributed by atoms with Gasteiger partial charge in [-0.2, -0.15) is 5.26 Å². The average Bonchev–Trinajstić information content (AvgIpc) is 2.28. The van der Waals surface area contributed by atoms with Gasteiger partial charge in [0.25, 0.3) is 0 Å². The van der Waals surface area contributed by atoms with Crippen molar-refractivity contribution in [2.75, 3.05) is 6.54 Å². The van der Waals surface area contributed by atoms with E-state index in [4.69, 9.17) is 10.4 Å². The Morgan fingerprint density at radius 1 is 1.50 bits per heavy atom. The Labute approximate surface area is 93.7 Å². The fourth-order valence-corrected chi connectivity index (χ4v) is 2.08. The highest BCUT2D eigenvalue weighted by Gasteiger charge is 2.30. The summed E-state index contributed by atoms with van der Waals surface area (Å²) in [7, 11) is 0. The molecule has 0 spiro atoms. The van der Waals surface area contributed by atoms with Gasteiger partial charge in [-0.25, -0.2) is 0 Å². The number of carboxylic acids is 1. The van der Waals surface area contributed by atoms with Crippen LogP contribution in [0.2, 0.25) is 0 Å². The fourth-order valence-electron chi connectivity index (χ4n) is 2.08. The smallest absolute Gasteiger partial charge is 0.321 e. The van der Waals surface area contributed by atoms with Crippen molar-refractivity contribution in [3.05, 3.63) is 35.4 Å². The lowest BCUT2D eigenvalue weighted by Crippen LogP contribution is -2.45. The third-order valence-electron chi connectivity index (χ3n) is 2.90. The van der Waals surface area contributed by atoms with Crippen molar-refractivity contribution in [3.8, 4) is 6.07 Å². The Kier molecular flexibility index (Phi) is 2.88. The summed E-state index contributed by atoms with van der Waals surface area (Å²) < 4.78 is 0. The first-order valence-corrected chi connectivity index (χ1v) is 5.13. The van der Waals surface area contributed by atoms with E-state index in [1.54, 1.807) is 4.90 Å². The molecule has 0 fully saturated rings. The summed E-state index contributed by atoms with van der Waals surface area (Å²) in [5.74, 6) is -0.857. The first-order chi connectivity index (χ1) is 7.72. The molecule has 0 radical (unpaired) electrons. The zero-order valence-corrected chi connectivity index (χ0v) is 8.76. The van der Waals surface area contributed by atoms with Gasteiger partial charge in [0.1, 0.15) is 6.04 Å². The van der Waals surface area contributed by atoms with Crippen LogP contribution in [-0.4, -0.2) is 28.6 Å². The number of rotatable bonds is 2. The van der Waals surface area contributed by atoms with Gasteiger partial charge in [0.2, 0.25) is 0 Å². The van der Waals surface area contributed by atoms with E-state index in [-0.39, 0.29) is 6.54 Å². The van der Waals surface area contributed by atoms with Gasteiger partial charge in [-0.1, -0.05) is 24.3 Å². The fraction of sp³-hybridized carbons (Fsp3) is 0.333. The summed E-state index contributed by atoms with van der Waals surface area (Å²) in [6, 6.07) is 9.23. The quantitative estimate of drug-likeness (QED) is 0.750. The van der Waals surface area contributed by atoms with Crippen molar-refractivity contribution in [1.29, 1.82) is 5.26 Å². The molecule has 1 heterocycles. The third-order valence-corrected chi connectivity index (χ3v) is 2.90. The van der Waals surface area contributed by atoms with Gasteiger partial charge >= 0.3 is 5.97 Å². The number of hydrogen-bond acceptors (Lipinski definition) is 3. The normalized spacial score (nSPS) is 19.8. The highest BCUT2D eigenvalue weighted by molar-refractivity contribution is 5.74. The predicted octanol–water partition coefficient (Wildman–Crippen LogP) is 1.02. The lowest BCUT2D eigenvalue weighted by atomic mass is 9.94. The monoisotopic (exact) mass is 216 g/mol. The molecule has 2 rings (SSSR count). The predicted molar refractivity (Wildman–Crippen MR) is 57.6 cm³/mol. The van der Waals surface area contributed by atoms with Gasteiger partial charge in [-0.05, 0) is 17.5 Å². The van der Waals surface area contributed by atoms with E-state index in [9.17, 15) is 4.79 Å². The molecule has 0 aromatic heterocycles. The molecule has 1 aromatic rings. The van der Waals surface area contributed by atoms with E-state index in [1.165, 1.54) is 0 Å². The standard InChI is InChI=1S/C12H12N2O2/c13-5-6-14-8-10-4-2-1-3-9(10)7-11(14)12(15)16/h1-4,11H,6-8H2,(H,15,16). The molecule has 4 heteroatoms. The van der Waals surface area contributed by atoms with Gasteiger partial charge in [0.05, 0.1) is 12.6 Å². The van der Waals surface area contributed by atoms with Crippen molar-refractivity contribution < 1.29 is 9.90 Å². The molecule has 1 unspecified atom stereocenters. The molecule has 1 aromatic carbocycles. The zero-order chi connectivity index (χ0) is 11.5. The minimum absolute atomic E-state index is 0.158. The van der Waals surface area contributed by atoms with Crippen LogP contribution in [0.15, 0.2) is 24.3 Å². The number of nitrogens with zero attached hydrogens (tertiary/aromatic N) is 2. The van der Waals surface area contributed by atoms with Crippen molar-refractivity contribution >= 4 is 5.97 Å². The van der Waals surface area contributed by atoms with Crippen LogP contribution in [0.4, 0.5) is 0 Å². The van der Waals surface area contributed by atoms with Gasteiger partial charge < -0.3 is 5.11 Å². The maximum atomic E-state index is 11.1. The van der Waals surface area contributed by atoms with Gasteiger partial charge in [-0.3, -0.25) is 9.69 Å². The molecule has 1 aliphatic heterocycles. The molecule has 1 N–H and O–H groups in total. The second-order valence-corrected chi connectivity index (χ2v) is 3.89. The SMILES string of the molecule is N#CCN1Cc2ccccc2CC1C(=O)O. The minimum atomic E-state index is -0.857. The van der Waals surface area contributed by atoms with Crippen LogP contribution in [-0.2, 0) is 17.8 Å². The number of fused-ring (bicyclic) bond motifs is 1. The van der Waals surface area contributed by atoms with Crippen LogP contribution < -0.4 is 0 Å². The van der Waals surface area contributed by atoms with E-state index in [1.807, 2.05) is 30.3 Å². The van der Waals surface area contributed by atoms with Crippen molar-refractivity contribution in [1.82, 2.24) is 4.90 Å². The number of nitriles is 1. The van der Waals surface area contributed by atoms with E-state index < -0.39 is 12.0 Å². The summed E-state index contributed by atoms with van der Waals surface area (Å²) in [6.45, 7) is 0.700. The maximum Gasteiger partial charge on any atom is 0.321 e. The average molecular weight is 216 g/mol. The van der Waals surface area contributed by atoms with Crippen LogP contribution in [0, 0.1) is 11.3 Å². The number of carbonyl (C=O) groups is 1. The van der Waals surface area contributed by atoms with Crippen molar-refractivity contribution in [3.63, 3.8) is 0 Å². The number of aliphatic carboxylic acids is 1. The molecular formula is C12H12N2O2. The molecule has 0 amide bonds. The summed E-state index contributed by atoms with van der Waals surface area (Å²) in [6.07, 6.45) is 0.479. The first kappa shape index (κ1) is 10.7. The van der Waals surface area contributed by atoms with Gasteiger partial charge in [0, 0.05) is 6.54 Å². The molecule has 16 heavy (non-hydrogen) atoms. The molecule has 4 nitrogen and oxygen atoms in total. The van der Waals surface area contributed by atoms with E-state index in [0.29, 0.717) is 13.0 Å². The van der Waals surface area contributed by atoms with E-state index in [0.717, 1.165) is 11.1 Å². The van der Waals surface area contributed by atoms with Crippen LogP contribution in [0.5, 0.6) is 0 Å². The second-order valence-electron chi connectivity index (χ2n) is 3.89. The zero-order valence-electron chi connectivity index (χ0n) is 8.76. The third kappa shape index (κ3) is 1.90. The summed E-state index contributed by atoms with van der Waals surface area (Å²) in [4.78, 5) is 12.8. The molecule has 0 saturated heterocycles. The topological polar surface area (TPSA) is 64.3 Å². The second kappa shape index (κ2) is 4.33. The lowest BCUT2D eigenvalue weighted by molar-refractivity contribution is -0.143. The summed E-state index contributed by atoms with van der Waals surface area (Å²) in [5.41, 5.74) is 2.19. The Bertz CT molecular complexity index is 451. The van der Waals surface area contributed by atoms with Gasteiger partial charge in [-0.15, -0.1) is 0 Å². The summed E-state index contributed by atoms with van der Waals surface area (Å²) in [5, 5.41) is 17.8. The maximum absolute atomic E-state index is 11.1. The molecule has 1 atom stereocenters. The molecule has 82 valence electrons. The van der Waals surface area contributed by atoms with Crippen LogP contribution in [0.1, 0.15) is 11.1 Å². The molecule has 0 saturated carbocycles. The van der Waals surface area contributed by atoms with Crippen LogP contribution in [0.25, 0.3) is 0 Å². The van der Waals surface area contributed by atoms with E-state index in [2.05, 4.69) is 0 Å². The molecule has 0 bridgehead atoms. The minimum Gasteiger partial charge on any atom is -0.480 e. The highest BCUT2D eigenvalue weighted by Crippen LogP contribution is 2.22. The van der Waals surface area contributed by atoms with Crippen LogP contribution >= 0.6 is 0 Å². The molecular weight excluding hydrogens is 204 g/mol.